The van der Waals surface area contributed by atoms with Crippen LogP contribution < -0.4 is 5.73 Å². The number of allylic oxidation sites excluding steroid dienone is 3. The van der Waals surface area contributed by atoms with Crippen molar-refractivity contribution in [1.29, 1.82) is 0 Å². The van der Waals surface area contributed by atoms with E-state index in [2.05, 4.69) is 26.0 Å². The minimum absolute atomic E-state index is 0.302. The van der Waals surface area contributed by atoms with Gasteiger partial charge in [0.05, 0.1) is 0 Å². The average Bonchev–Trinajstić information content (AvgIpc) is 2.34. The Morgan fingerprint density at radius 1 is 1.22 bits per heavy atom. The van der Waals surface area contributed by atoms with E-state index < -0.39 is 0 Å². The molecule has 0 aromatic rings. The second-order valence-electron chi connectivity index (χ2n) is 5.32. The lowest BCUT2D eigenvalue weighted by molar-refractivity contribution is -0.131. The zero-order valence-electron chi connectivity index (χ0n) is 11.9. The van der Waals surface area contributed by atoms with Crippen molar-refractivity contribution >= 4 is 5.91 Å². The topological polar surface area (TPSA) is 46.3 Å². The number of carbonyl (C=O) groups is 1. The van der Waals surface area contributed by atoms with Crippen LogP contribution in [0.25, 0.3) is 0 Å². The standard InChI is InChI=1S/C9H15N.C6H11NO/c1-7(2)8-5-3-4-6-9(8)10;1-7-5-3-2-4-6(7)8/h5-7H,3-4,10H2,1-2H3;2-5H2,1H3. The molecule has 0 radical (unpaired) electrons. The average molecular weight is 250 g/mol. The number of hydrogen-bond acceptors (Lipinski definition) is 2. The van der Waals surface area contributed by atoms with Gasteiger partial charge in [-0.25, -0.2) is 0 Å². The van der Waals surface area contributed by atoms with Gasteiger partial charge in [-0.15, -0.1) is 0 Å². The highest BCUT2D eigenvalue weighted by molar-refractivity contribution is 5.76. The first-order chi connectivity index (χ1) is 8.52. The van der Waals surface area contributed by atoms with Gasteiger partial charge in [0, 0.05) is 25.7 Å². The van der Waals surface area contributed by atoms with Gasteiger partial charge in [-0.1, -0.05) is 26.0 Å². The summed E-state index contributed by atoms with van der Waals surface area (Å²) in [5.74, 6) is 0.882. The van der Waals surface area contributed by atoms with Gasteiger partial charge in [-0.05, 0) is 37.2 Å². The molecule has 1 aliphatic heterocycles. The molecule has 102 valence electrons. The van der Waals surface area contributed by atoms with E-state index in [1.54, 1.807) is 4.90 Å². The van der Waals surface area contributed by atoms with Crippen molar-refractivity contribution in [2.45, 2.75) is 46.0 Å². The second kappa shape index (κ2) is 7.24. The molecule has 0 atom stereocenters. The summed E-state index contributed by atoms with van der Waals surface area (Å²) in [5.41, 5.74) is 8.09. The highest BCUT2D eigenvalue weighted by Gasteiger charge is 2.12. The Labute approximate surface area is 111 Å². The van der Waals surface area contributed by atoms with Gasteiger partial charge in [-0.3, -0.25) is 4.79 Å². The molecule has 0 saturated carbocycles. The Morgan fingerprint density at radius 2 is 1.89 bits per heavy atom. The number of hydrogen-bond donors (Lipinski definition) is 1. The highest BCUT2D eigenvalue weighted by Crippen LogP contribution is 2.21. The van der Waals surface area contributed by atoms with Gasteiger partial charge in [0.25, 0.3) is 0 Å². The molecule has 3 nitrogen and oxygen atoms in total. The number of nitrogens with two attached hydrogens (primary N) is 1. The summed E-state index contributed by atoms with van der Waals surface area (Å²) in [7, 11) is 1.86. The van der Waals surface area contributed by atoms with Crippen molar-refractivity contribution < 1.29 is 4.79 Å². The maximum atomic E-state index is 10.7. The van der Waals surface area contributed by atoms with E-state index >= 15 is 0 Å². The fourth-order valence-electron chi connectivity index (χ4n) is 2.22. The van der Waals surface area contributed by atoms with E-state index in [0.29, 0.717) is 11.8 Å². The van der Waals surface area contributed by atoms with Crippen LogP contribution in [0.2, 0.25) is 0 Å². The first-order valence-electron chi connectivity index (χ1n) is 6.92. The maximum absolute atomic E-state index is 10.7. The summed E-state index contributed by atoms with van der Waals surface area (Å²) in [4.78, 5) is 12.5. The van der Waals surface area contributed by atoms with Crippen molar-refractivity contribution in [3.63, 3.8) is 0 Å². The molecule has 1 aliphatic carbocycles. The molecule has 1 amide bonds. The Balaban J connectivity index is 0.000000184. The van der Waals surface area contributed by atoms with Gasteiger partial charge >= 0.3 is 0 Å². The Bertz CT molecular complexity index is 342. The van der Waals surface area contributed by atoms with Crippen LogP contribution in [0.3, 0.4) is 0 Å². The molecule has 0 unspecified atom stereocenters. The van der Waals surface area contributed by atoms with Crippen LogP contribution in [0.1, 0.15) is 46.0 Å². The largest absolute Gasteiger partial charge is 0.399 e. The van der Waals surface area contributed by atoms with Crippen molar-refractivity contribution in [2.75, 3.05) is 13.6 Å². The quantitative estimate of drug-likeness (QED) is 0.778. The van der Waals surface area contributed by atoms with Crippen LogP contribution in [0.5, 0.6) is 0 Å². The van der Waals surface area contributed by atoms with Crippen LogP contribution in [-0.2, 0) is 4.79 Å². The first-order valence-corrected chi connectivity index (χ1v) is 6.92. The minimum Gasteiger partial charge on any atom is -0.399 e. The van der Waals surface area contributed by atoms with Crippen LogP contribution in [0.15, 0.2) is 23.4 Å². The molecular weight excluding hydrogens is 224 g/mol. The fourth-order valence-corrected chi connectivity index (χ4v) is 2.22. The number of nitrogens with zero attached hydrogens (tertiary/aromatic N) is 1. The molecule has 1 saturated heterocycles. The molecule has 0 bridgehead atoms. The Morgan fingerprint density at radius 3 is 2.28 bits per heavy atom. The van der Waals surface area contributed by atoms with Crippen LogP contribution in [0.4, 0.5) is 0 Å². The number of amides is 1. The van der Waals surface area contributed by atoms with E-state index in [-0.39, 0.29) is 0 Å². The van der Waals surface area contributed by atoms with E-state index in [0.717, 1.165) is 37.9 Å². The monoisotopic (exact) mass is 250 g/mol. The highest BCUT2D eigenvalue weighted by atomic mass is 16.2. The maximum Gasteiger partial charge on any atom is 0.222 e. The lowest BCUT2D eigenvalue weighted by Gasteiger charge is -2.21. The lowest BCUT2D eigenvalue weighted by atomic mass is 9.94. The molecule has 1 heterocycles. The van der Waals surface area contributed by atoms with E-state index in [4.69, 9.17) is 5.73 Å². The van der Waals surface area contributed by atoms with Gasteiger partial charge < -0.3 is 10.6 Å². The molecule has 0 aromatic carbocycles. The molecular formula is C15H26N2O. The Hall–Kier alpha value is -1.25. The third-order valence-corrected chi connectivity index (χ3v) is 3.41. The van der Waals surface area contributed by atoms with E-state index in [9.17, 15) is 4.79 Å². The predicted molar refractivity (Wildman–Crippen MR) is 75.9 cm³/mol. The van der Waals surface area contributed by atoms with Gasteiger partial charge in [0.15, 0.2) is 0 Å². The summed E-state index contributed by atoms with van der Waals surface area (Å²) >= 11 is 0. The lowest BCUT2D eigenvalue weighted by Crippen LogP contribution is -2.31. The fraction of sp³-hybridized carbons (Fsp3) is 0.667. The van der Waals surface area contributed by atoms with Crippen LogP contribution in [-0.4, -0.2) is 24.4 Å². The van der Waals surface area contributed by atoms with Crippen LogP contribution >= 0.6 is 0 Å². The van der Waals surface area contributed by atoms with E-state index in [1.165, 1.54) is 12.0 Å². The van der Waals surface area contributed by atoms with Crippen molar-refractivity contribution in [1.82, 2.24) is 4.90 Å². The summed E-state index contributed by atoms with van der Waals surface area (Å²) < 4.78 is 0. The Kier molecular flexibility index (Phi) is 5.96. The van der Waals surface area contributed by atoms with Crippen LogP contribution in [0, 0.1) is 5.92 Å². The molecule has 3 heteroatoms. The number of carbonyl (C=O) groups excluding carboxylic acids is 1. The third kappa shape index (κ3) is 4.55. The van der Waals surface area contributed by atoms with Crippen molar-refractivity contribution in [3.8, 4) is 0 Å². The second-order valence-corrected chi connectivity index (χ2v) is 5.32. The number of likely N-dealkylation sites (tertiary alicyclic amines) is 1. The zero-order valence-corrected chi connectivity index (χ0v) is 11.9. The molecule has 2 N–H and O–H groups in total. The van der Waals surface area contributed by atoms with E-state index in [1.807, 2.05) is 7.05 Å². The number of piperidine rings is 1. The zero-order chi connectivity index (χ0) is 13.5. The molecule has 0 aromatic heterocycles. The van der Waals surface area contributed by atoms with Gasteiger partial charge in [-0.2, -0.15) is 0 Å². The molecule has 1 fully saturated rings. The minimum atomic E-state index is 0.302. The molecule has 0 spiro atoms. The summed E-state index contributed by atoms with van der Waals surface area (Å²) in [6.45, 7) is 5.31. The molecule has 18 heavy (non-hydrogen) atoms. The third-order valence-electron chi connectivity index (χ3n) is 3.41. The van der Waals surface area contributed by atoms with Gasteiger partial charge in [0.1, 0.15) is 0 Å². The van der Waals surface area contributed by atoms with Gasteiger partial charge in [0.2, 0.25) is 5.91 Å². The SMILES string of the molecule is CC(C)C1=CCCC=C1N.CN1CCCCC1=O. The predicted octanol–water partition coefficient (Wildman–Crippen LogP) is 2.83. The molecule has 2 rings (SSSR count). The molecule has 2 aliphatic rings. The normalized spacial score (nSPS) is 20.0. The summed E-state index contributed by atoms with van der Waals surface area (Å²) in [5, 5.41) is 0. The first kappa shape index (κ1) is 14.8. The summed E-state index contributed by atoms with van der Waals surface area (Å²) in [6.07, 6.45) is 9.67. The smallest absolute Gasteiger partial charge is 0.222 e. The van der Waals surface area contributed by atoms with Crippen molar-refractivity contribution in [3.05, 3.63) is 23.4 Å². The summed E-state index contributed by atoms with van der Waals surface area (Å²) in [6, 6.07) is 0. The number of rotatable bonds is 1. The van der Waals surface area contributed by atoms with Crippen molar-refractivity contribution in [2.24, 2.45) is 11.7 Å².